The maximum atomic E-state index is 11.1. The van der Waals surface area contributed by atoms with Crippen LogP contribution in [0.15, 0.2) is 0 Å². The summed E-state index contributed by atoms with van der Waals surface area (Å²) in [4.78, 5) is 0. The van der Waals surface area contributed by atoms with Crippen molar-refractivity contribution in [1.82, 2.24) is 0 Å². The van der Waals surface area contributed by atoms with E-state index in [1.165, 1.54) is 0 Å². The van der Waals surface area contributed by atoms with Crippen LogP contribution in [-0.2, 0) is 14.3 Å². The zero-order valence-corrected chi connectivity index (χ0v) is 15.3. The maximum Gasteiger partial charge on any atom is 0.265 e. The van der Waals surface area contributed by atoms with Gasteiger partial charge in [0.2, 0.25) is 0 Å². The van der Waals surface area contributed by atoms with Crippen LogP contribution in [0.4, 0.5) is 0 Å². The summed E-state index contributed by atoms with van der Waals surface area (Å²) in [5.74, 6) is 3.03. The number of rotatable bonds is 5. The van der Waals surface area contributed by atoms with Gasteiger partial charge in [0.25, 0.3) is 10.1 Å². The average Bonchev–Trinajstić information content (AvgIpc) is 2.13. The van der Waals surface area contributed by atoms with Gasteiger partial charge in [-0.15, -0.1) is 5.54 Å². The molecular weight excluding hydrogens is 276 g/mol. The highest BCUT2D eigenvalue weighted by molar-refractivity contribution is 7.86. The Morgan fingerprint density at radius 2 is 1.26 bits per heavy atom. The van der Waals surface area contributed by atoms with Crippen molar-refractivity contribution in [1.29, 1.82) is 0 Å². The van der Waals surface area contributed by atoms with Crippen LogP contribution < -0.4 is 0 Å². The van der Waals surface area contributed by atoms with Crippen molar-refractivity contribution in [3.8, 4) is 11.5 Å². The predicted molar refractivity (Wildman–Crippen MR) is 84.2 cm³/mol. The molecule has 112 valence electrons. The van der Waals surface area contributed by atoms with Gasteiger partial charge in [-0.3, -0.25) is 4.18 Å². The normalized spacial score (nSPS) is 14.7. The molecule has 0 unspecified atom stereocenters. The van der Waals surface area contributed by atoms with Gasteiger partial charge >= 0.3 is 0 Å². The molecule has 0 aliphatic carbocycles. The first-order valence-electron chi connectivity index (χ1n) is 6.84. The molecule has 0 saturated heterocycles. The lowest BCUT2D eigenvalue weighted by Gasteiger charge is -2.38. The molecule has 19 heavy (non-hydrogen) atoms. The van der Waals surface area contributed by atoms with E-state index in [1.54, 1.807) is 6.92 Å². The number of hydrogen-bond donors (Lipinski definition) is 0. The third-order valence-corrected chi connectivity index (χ3v) is 10.6. The van der Waals surface area contributed by atoms with Crippen molar-refractivity contribution < 1.29 is 12.6 Å². The topological polar surface area (TPSA) is 43.4 Å². The van der Waals surface area contributed by atoms with E-state index in [4.69, 9.17) is 4.18 Å². The van der Waals surface area contributed by atoms with E-state index in [0.29, 0.717) is 16.6 Å². The fraction of sp³-hybridized carbons (Fsp3) is 0.857. The quantitative estimate of drug-likeness (QED) is 0.443. The van der Waals surface area contributed by atoms with Crippen LogP contribution in [0.5, 0.6) is 0 Å². The highest BCUT2D eigenvalue weighted by atomic mass is 32.2. The summed E-state index contributed by atoms with van der Waals surface area (Å²) in [6.45, 7) is 15.0. The lowest BCUT2D eigenvalue weighted by Crippen LogP contribution is -2.43. The van der Waals surface area contributed by atoms with Gasteiger partial charge in [0.05, 0.1) is 6.26 Å². The molecule has 0 aromatic carbocycles. The zero-order valence-electron chi connectivity index (χ0n) is 13.4. The van der Waals surface area contributed by atoms with Crippen molar-refractivity contribution in [3.05, 3.63) is 0 Å². The van der Waals surface area contributed by atoms with E-state index in [0.717, 1.165) is 6.26 Å². The average molecular weight is 305 g/mol. The first-order valence-corrected chi connectivity index (χ1v) is 10.9. The molecule has 0 heterocycles. The second-order valence-electron chi connectivity index (χ2n) is 6.11. The minimum absolute atomic E-state index is 0.533. The van der Waals surface area contributed by atoms with E-state index in [1.807, 2.05) is 0 Å². The minimum Gasteiger partial charge on any atom is -0.254 e. The Labute approximate surface area is 120 Å². The zero-order chi connectivity index (χ0) is 15.4. The van der Waals surface area contributed by atoms with Gasteiger partial charge in [-0.05, 0) is 23.5 Å². The van der Waals surface area contributed by atoms with E-state index in [-0.39, 0.29) is 0 Å². The van der Waals surface area contributed by atoms with Crippen LogP contribution in [0, 0.1) is 11.5 Å². The van der Waals surface area contributed by atoms with E-state index < -0.39 is 24.3 Å². The second-order valence-corrected chi connectivity index (χ2v) is 13.3. The summed E-state index contributed by atoms with van der Waals surface area (Å²) < 4.78 is 27.1. The smallest absolute Gasteiger partial charge is 0.254 e. The van der Waals surface area contributed by atoms with Gasteiger partial charge in [0.1, 0.15) is 14.2 Å². The summed E-state index contributed by atoms with van der Waals surface area (Å²) in [5.41, 5.74) is 5.05. The molecule has 0 amide bonds. The Kier molecular flexibility index (Phi) is 6.80. The predicted octanol–water partition coefficient (Wildman–Crippen LogP) is 3.57. The van der Waals surface area contributed by atoms with Crippen LogP contribution in [0.3, 0.4) is 0 Å². The Morgan fingerprint density at radius 3 is 1.53 bits per heavy atom. The van der Waals surface area contributed by atoms with Gasteiger partial charge in [-0.25, -0.2) is 0 Å². The molecule has 5 heteroatoms. The second kappa shape index (κ2) is 6.92. The maximum absolute atomic E-state index is 11.1. The van der Waals surface area contributed by atoms with Crippen LogP contribution in [0.25, 0.3) is 0 Å². The molecule has 0 aromatic rings. The van der Waals surface area contributed by atoms with Crippen LogP contribution >= 0.6 is 0 Å². The SMILES string of the molecule is CC(C)[Si](C#C[C@H](C)OS(C)(=O)=O)(C(C)C)C(C)C. The van der Waals surface area contributed by atoms with E-state index >= 15 is 0 Å². The monoisotopic (exact) mass is 304 g/mol. The molecule has 3 nitrogen and oxygen atoms in total. The van der Waals surface area contributed by atoms with Crippen molar-refractivity contribution in [2.75, 3.05) is 6.26 Å². The van der Waals surface area contributed by atoms with Crippen LogP contribution in [0.2, 0.25) is 16.6 Å². The Balaban J connectivity index is 5.37. The molecule has 0 aliphatic heterocycles. The molecule has 1 atom stereocenters. The lowest BCUT2D eigenvalue weighted by atomic mass is 10.4. The third-order valence-electron chi connectivity index (χ3n) is 3.68. The molecular formula is C14H28O3SSi. The molecule has 0 spiro atoms. The van der Waals surface area contributed by atoms with E-state index in [2.05, 4.69) is 53.0 Å². The summed E-state index contributed by atoms with van der Waals surface area (Å²) in [6.07, 6.45) is 0.488. The molecule has 0 fully saturated rings. The standard InChI is InChI=1S/C14H28O3SSi/c1-11(2)19(12(3)4,13(5)6)10-9-14(7)17-18(8,15)16/h11-14H,1-8H3/t14-/m0/s1. The first-order chi connectivity index (χ1) is 8.43. The highest BCUT2D eigenvalue weighted by Crippen LogP contribution is 2.40. The molecule has 0 rings (SSSR count). The fourth-order valence-electron chi connectivity index (χ4n) is 2.95. The molecule has 0 aromatic heterocycles. The minimum atomic E-state index is -3.44. The van der Waals surface area contributed by atoms with Crippen molar-refractivity contribution >= 4 is 18.2 Å². The molecule has 0 bridgehead atoms. The number of hydrogen-bond acceptors (Lipinski definition) is 3. The Morgan fingerprint density at radius 1 is 0.895 bits per heavy atom. The van der Waals surface area contributed by atoms with Crippen molar-refractivity contribution in [2.45, 2.75) is 71.2 Å². The molecule has 0 aliphatic rings. The summed E-state index contributed by atoms with van der Waals surface area (Å²) in [6, 6.07) is 0. The largest absolute Gasteiger partial charge is 0.265 e. The third kappa shape index (κ3) is 5.29. The van der Waals surface area contributed by atoms with Crippen LogP contribution in [0.1, 0.15) is 48.5 Å². The van der Waals surface area contributed by atoms with Gasteiger partial charge in [-0.2, -0.15) is 8.42 Å². The van der Waals surface area contributed by atoms with Gasteiger partial charge in [0, 0.05) is 0 Å². The summed E-state index contributed by atoms with van der Waals surface area (Å²) in [5, 5.41) is 0. The molecule has 0 saturated carbocycles. The Bertz CT molecular complexity index is 419. The highest BCUT2D eigenvalue weighted by Gasteiger charge is 2.41. The van der Waals surface area contributed by atoms with Gasteiger partial charge in [0.15, 0.2) is 0 Å². The summed E-state index contributed by atoms with van der Waals surface area (Å²) in [7, 11) is -5.24. The Hall–Kier alpha value is -0.313. The van der Waals surface area contributed by atoms with Gasteiger partial charge < -0.3 is 0 Å². The molecule has 0 radical (unpaired) electrons. The fourth-order valence-corrected chi connectivity index (χ4v) is 8.84. The van der Waals surface area contributed by atoms with Crippen molar-refractivity contribution in [3.63, 3.8) is 0 Å². The van der Waals surface area contributed by atoms with Crippen LogP contribution in [-0.4, -0.2) is 28.9 Å². The first kappa shape index (κ1) is 18.7. The van der Waals surface area contributed by atoms with E-state index in [9.17, 15) is 8.42 Å². The van der Waals surface area contributed by atoms with Crippen molar-refractivity contribution in [2.24, 2.45) is 0 Å². The molecule has 0 N–H and O–H groups in total. The summed E-state index contributed by atoms with van der Waals surface area (Å²) >= 11 is 0. The lowest BCUT2D eigenvalue weighted by molar-refractivity contribution is 0.286. The van der Waals surface area contributed by atoms with Gasteiger partial charge in [-0.1, -0.05) is 47.5 Å².